The zero-order valence-electron chi connectivity index (χ0n) is 11.3. The Kier molecular flexibility index (Phi) is 6.29. The van der Waals surface area contributed by atoms with Crippen molar-refractivity contribution in [3.8, 4) is 11.5 Å². The quantitative estimate of drug-likeness (QED) is 0.569. The Hall–Kier alpha value is -1.48. The van der Waals surface area contributed by atoms with Crippen molar-refractivity contribution in [2.75, 3.05) is 13.7 Å². The number of ether oxygens (including phenoxy) is 2. The molecule has 0 spiro atoms. The van der Waals surface area contributed by atoms with Gasteiger partial charge in [-0.15, -0.1) is 6.58 Å². The summed E-state index contributed by atoms with van der Waals surface area (Å²) in [6, 6.07) is 6.12. The molecule has 0 radical (unpaired) electrons. The van der Waals surface area contributed by atoms with E-state index < -0.39 is 0 Å². The molecule has 18 heavy (non-hydrogen) atoms. The third-order valence-electron chi connectivity index (χ3n) is 2.60. The third kappa shape index (κ3) is 4.80. The van der Waals surface area contributed by atoms with Crippen molar-refractivity contribution in [2.45, 2.75) is 32.2 Å². The van der Waals surface area contributed by atoms with Crippen LogP contribution in [0.15, 0.2) is 30.9 Å². The van der Waals surface area contributed by atoms with E-state index in [0.717, 1.165) is 30.8 Å². The lowest BCUT2D eigenvalue weighted by Crippen LogP contribution is -2.17. The van der Waals surface area contributed by atoms with E-state index in [9.17, 15) is 0 Å². The number of methoxy groups -OCH3 is 1. The number of unbranched alkanes of at least 4 members (excludes halogenated alkanes) is 1. The summed E-state index contributed by atoms with van der Waals surface area (Å²) in [6.45, 7) is 6.35. The topological polar surface area (TPSA) is 44.5 Å². The van der Waals surface area contributed by atoms with Crippen LogP contribution in [0.5, 0.6) is 11.5 Å². The van der Waals surface area contributed by atoms with Crippen molar-refractivity contribution >= 4 is 0 Å². The van der Waals surface area contributed by atoms with E-state index in [0.29, 0.717) is 6.61 Å². The summed E-state index contributed by atoms with van der Waals surface area (Å²) in [5.74, 6) is 1.56. The van der Waals surface area contributed by atoms with Gasteiger partial charge in [-0.05, 0) is 43.9 Å². The first kappa shape index (κ1) is 14.6. The maximum atomic E-state index is 5.79. The molecule has 0 aliphatic heterocycles. The fourth-order valence-corrected chi connectivity index (χ4v) is 1.74. The van der Waals surface area contributed by atoms with E-state index >= 15 is 0 Å². The summed E-state index contributed by atoms with van der Waals surface area (Å²) in [6.07, 6.45) is 4.67. The van der Waals surface area contributed by atoms with Crippen molar-refractivity contribution < 1.29 is 9.47 Å². The van der Waals surface area contributed by atoms with Gasteiger partial charge in [0.1, 0.15) is 0 Å². The largest absolute Gasteiger partial charge is 0.493 e. The monoisotopic (exact) mass is 249 g/mol. The first-order valence-electron chi connectivity index (χ1n) is 6.33. The first-order valence-corrected chi connectivity index (χ1v) is 6.33. The molecule has 1 atom stereocenters. The predicted molar refractivity (Wildman–Crippen MR) is 75.3 cm³/mol. The Bertz CT molecular complexity index is 375. The molecule has 0 saturated heterocycles. The van der Waals surface area contributed by atoms with Crippen LogP contribution < -0.4 is 15.2 Å². The molecule has 100 valence electrons. The van der Waals surface area contributed by atoms with Crippen LogP contribution in [0.2, 0.25) is 0 Å². The maximum absolute atomic E-state index is 5.79. The van der Waals surface area contributed by atoms with Gasteiger partial charge in [0, 0.05) is 6.04 Å². The third-order valence-corrected chi connectivity index (χ3v) is 2.60. The van der Waals surface area contributed by atoms with Crippen LogP contribution >= 0.6 is 0 Å². The number of allylic oxidation sites excluding steroid dienone is 1. The summed E-state index contributed by atoms with van der Waals surface area (Å²) in [7, 11) is 1.65. The molecular formula is C15H23NO2. The second-order valence-electron chi connectivity index (χ2n) is 4.45. The maximum Gasteiger partial charge on any atom is 0.161 e. The van der Waals surface area contributed by atoms with Gasteiger partial charge in [-0.25, -0.2) is 0 Å². The molecule has 1 unspecified atom stereocenters. The summed E-state index contributed by atoms with van der Waals surface area (Å²) >= 11 is 0. The molecule has 3 nitrogen and oxygen atoms in total. The Morgan fingerprint density at radius 1 is 1.39 bits per heavy atom. The van der Waals surface area contributed by atoms with Crippen molar-refractivity contribution in [3.63, 3.8) is 0 Å². The molecular weight excluding hydrogens is 226 g/mol. The molecule has 1 rings (SSSR count). The highest BCUT2D eigenvalue weighted by Crippen LogP contribution is 2.28. The summed E-state index contributed by atoms with van der Waals surface area (Å²) in [5, 5.41) is 0. The van der Waals surface area contributed by atoms with Crippen LogP contribution in [-0.2, 0) is 6.42 Å². The zero-order valence-corrected chi connectivity index (χ0v) is 11.3. The van der Waals surface area contributed by atoms with Crippen LogP contribution in [0.4, 0.5) is 0 Å². The lowest BCUT2D eigenvalue weighted by Gasteiger charge is -2.13. The van der Waals surface area contributed by atoms with E-state index in [2.05, 4.69) is 6.58 Å². The van der Waals surface area contributed by atoms with Crippen molar-refractivity contribution in [1.29, 1.82) is 0 Å². The molecule has 1 aromatic carbocycles. The Balaban J connectivity index is 2.64. The van der Waals surface area contributed by atoms with Crippen molar-refractivity contribution in [3.05, 3.63) is 36.4 Å². The van der Waals surface area contributed by atoms with Gasteiger partial charge in [0.2, 0.25) is 0 Å². The van der Waals surface area contributed by atoms with Gasteiger partial charge < -0.3 is 15.2 Å². The van der Waals surface area contributed by atoms with Gasteiger partial charge in [0.25, 0.3) is 0 Å². The summed E-state index contributed by atoms with van der Waals surface area (Å²) in [5.41, 5.74) is 6.95. The van der Waals surface area contributed by atoms with Crippen LogP contribution in [0, 0.1) is 0 Å². The minimum absolute atomic E-state index is 0.147. The number of hydrogen-bond donors (Lipinski definition) is 1. The van der Waals surface area contributed by atoms with Gasteiger partial charge in [0.15, 0.2) is 11.5 Å². The smallest absolute Gasteiger partial charge is 0.161 e. The van der Waals surface area contributed by atoms with Crippen molar-refractivity contribution in [1.82, 2.24) is 0 Å². The molecule has 0 aliphatic carbocycles. The summed E-state index contributed by atoms with van der Waals surface area (Å²) in [4.78, 5) is 0. The Labute approximate surface area is 110 Å². The van der Waals surface area contributed by atoms with Gasteiger partial charge in [-0.3, -0.25) is 0 Å². The van der Waals surface area contributed by atoms with Gasteiger partial charge >= 0.3 is 0 Å². The summed E-state index contributed by atoms with van der Waals surface area (Å²) < 4.78 is 11.0. The van der Waals surface area contributed by atoms with E-state index in [-0.39, 0.29) is 6.04 Å². The fourth-order valence-electron chi connectivity index (χ4n) is 1.74. The Morgan fingerprint density at radius 2 is 2.17 bits per heavy atom. The van der Waals surface area contributed by atoms with Gasteiger partial charge in [-0.1, -0.05) is 12.1 Å². The lowest BCUT2D eigenvalue weighted by atomic mass is 10.1. The molecule has 0 heterocycles. The van der Waals surface area contributed by atoms with Crippen LogP contribution in [-0.4, -0.2) is 19.8 Å². The minimum Gasteiger partial charge on any atom is -0.493 e. The molecule has 3 heteroatoms. The standard InChI is InChI=1S/C15H23NO2/c1-4-5-6-9-18-14-8-7-13(10-12(2)16)11-15(14)17-3/h4,7-8,11-12H,1,5-6,9-10,16H2,2-3H3. The van der Waals surface area contributed by atoms with Gasteiger partial charge in [0.05, 0.1) is 13.7 Å². The molecule has 0 fully saturated rings. The van der Waals surface area contributed by atoms with E-state index in [4.69, 9.17) is 15.2 Å². The highest BCUT2D eigenvalue weighted by atomic mass is 16.5. The average molecular weight is 249 g/mol. The highest BCUT2D eigenvalue weighted by molar-refractivity contribution is 5.43. The Morgan fingerprint density at radius 3 is 2.78 bits per heavy atom. The van der Waals surface area contributed by atoms with E-state index in [1.165, 1.54) is 5.56 Å². The fraction of sp³-hybridized carbons (Fsp3) is 0.467. The molecule has 0 aliphatic rings. The second-order valence-corrected chi connectivity index (χ2v) is 4.45. The second kappa shape index (κ2) is 7.77. The van der Waals surface area contributed by atoms with Crippen LogP contribution in [0.3, 0.4) is 0 Å². The zero-order chi connectivity index (χ0) is 13.4. The molecule has 0 aromatic heterocycles. The number of nitrogens with two attached hydrogens (primary N) is 1. The highest BCUT2D eigenvalue weighted by Gasteiger charge is 2.06. The SMILES string of the molecule is C=CCCCOc1ccc(CC(C)N)cc1OC. The molecule has 1 aromatic rings. The van der Waals surface area contributed by atoms with Gasteiger partial charge in [-0.2, -0.15) is 0 Å². The molecule has 0 bridgehead atoms. The van der Waals surface area contributed by atoms with Crippen molar-refractivity contribution in [2.24, 2.45) is 5.73 Å². The van der Waals surface area contributed by atoms with E-state index in [1.54, 1.807) is 7.11 Å². The average Bonchev–Trinajstić information content (AvgIpc) is 2.35. The van der Waals surface area contributed by atoms with Crippen LogP contribution in [0.1, 0.15) is 25.3 Å². The molecule has 0 saturated carbocycles. The lowest BCUT2D eigenvalue weighted by molar-refractivity contribution is 0.290. The van der Waals surface area contributed by atoms with Crippen LogP contribution in [0.25, 0.3) is 0 Å². The molecule has 2 N–H and O–H groups in total. The number of hydrogen-bond acceptors (Lipinski definition) is 3. The first-order chi connectivity index (χ1) is 8.67. The predicted octanol–water partition coefficient (Wildman–Crippen LogP) is 2.93. The number of benzene rings is 1. The number of rotatable bonds is 8. The normalized spacial score (nSPS) is 11.9. The minimum atomic E-state index is 0.147. The van der Waals surface area contributed by atoms with E-state index in [1.807, 2.05) is 31.2 Å². The molecule has 0 amide bonds.